The van der Waals surface area contributed by atoms with Crippen molar-refractivity contribution in [2.45, 2.75) is 13.2 Å². The minimum atomic E-state index is -0.112. The third-order valence-corrected chi connectivity index (χ3v) is 4.40. The topological polar surface area (TPSA) is 43.3 Å². The van der Waals surface area contributed by atoms with E-state index in [-0.39, 0.29) is 5.91 Å². The molecule has 0 radical (unpaired) electrons. The first-order valence-corrected chi connectivity index (χ1v) is 7.94. The summed E-state index contributed by atoms with van der Waals surface area (Å²) in [5, 5.41) is 2.98. The van der Waals surface area contributed by atoms with Crippen LogP contribution in [0.1, 0.15) is 21.6 Å². The maximum atomic E-state index is 12.6. The summed E-state index contributed by atoms with van der Waals surface area (Å²) in [5.41, 5.74) is 5.87. The summed E-state index contributed by atoms with van der Waals surface area (Å²) in [6, 6.07) is 19.8. The summed E-state index contributed by atoms with van der Waals surface area (Å²) >= 11 is 0. The minimum Gasteiger partial charge on any atom is -0.372 e. The number of benzene rings is 2. The van der Waals surface area contributed by atoms with Crippen LogP contribution in [0.4, 0.5) is 5.69 Å². The summed E-state index contributed by atoms with van der Waals surface area (Å²) in [7, 11) is 1.91. The molecule has 0 fully saturated rings. The van der Waals surface area contributed by atoms with Crippen LogP contribution in [0.15, 0.2) is 60.7 Å². The van der Waals surface area contributed by atoms with Crippen LogP contribution in [0, 0.1) is 0 Å². The van der Waals surface area contributed by atoms with Crippen molar-refractivity contribution in [3.05, 3.63) is 77.5 Å². The molecule has 3 aromatic rings. The fourth-order valence-corrected chi connectivity index (χ4v) is 3.08. The van der Waals surface area contributed by atoms with Gasteiger partial charge in [-0.15, -0.1) is 0 Å². The van der Waals surface area contributed by atoms with Crippen LogP contribution in [0.2, 0.25) is 0 Å². The molecule has 1 N–H and O–H groups in total. The first kappa shape index (κ1) is 14.7. The first-order chi connectivity index (χ1) is 11.7. The van der Waals surface area contributed by atoms with Gasteiger partial charge >= 0.3 is 0 Å². The monoisotopic (exact) mass is 318 g/mol. The minimum absolute atomic E-state index is 0.112. The van der Waals surface area contributed by atoms with Crippen LogP contribution in [0.3, 0.4) is 0 Å². The predicted molar refractivity (Wildman–Crippen MR) is 93.7 cm³/mol. The van der Waals surface area contributed by atoms with E-state index in [1.807, 2.05) is 72.3 Å². The fraction of sp³-hybridized carbons (Fsp3) is 0.150. The van der Waals surface area contributed by atoms with E-state index in [0.717, 1.165) is 22.5 Å². The molecule has 2 heterocycles. The Labute approximate surface area is 140 Å². The number of hydrogen-bond donors (Lipinski definition) is 1. The molecule has 4 rings (SSSR count). The molecule has 24 heavy (non-hydrogen) atoms. The highest BCUT2D eigenvalue weighted by molar-refractivity contribution is 6.03. The van der Waals surface area contributed by atoms with E-state index in [2.05, 4.69) is 5.32 Å². The Morgan fingerprint density at radius 2 is 1.79 bits per heavy atom. The highest BCUT2D eigenvalue weighted by atomic mass is 16.5. The van der Waals surface area contributed by atoms with E-state index in [1.165, 1.54) is 5.56 Å². The smallest absolute Gasteiger partial charge is 0.272 e. The molecule has 2 aromatic carbocycles. The third kappa shape index (κ3) is 2.61. The van der Waals surface area contributed by atoms with Crippen LogP contribution in [-0.4, -0.2) is 10.5 Å². The van der Waals surface area contributed by atoms with Crippen molar-refractivity contribution in [1.29, 1.82) is 0 Å². The molecule has 0 saturated carbocycles. The summed E-state index contributed by atoms with van der Waals surface area (Å²) in [5.74, 6) is -0.112. The number of nitrogens with zero attached hydrogens (tertiary/aromatic N) is 1. The van der Waals surface area contributed by atoms with Crippen molar-refractivity contribution in [1.82, 2.24) is 4.57 Å². The molecular weight excluding hydrogens is 300 g/mol. The van der Waals surface area contributed by atoms with E-state index in [0.29, 0.717) is 18.9 Å². The maximum absolute atomic E-state index is 12.6. The zero-order valence-electron chi connectivity index (χ0n) is 13.5. The second-order valence-corrected chi connectivity index (χ2v) is 5.96. The SMILES string of the molecule is Cn1c(C(=O)Nc2ccc3c(c2)COC3)ccc1-c1ccccc1. The zero-order valence-corrected chi connectivity index (χ0v) is 13.5. The number of aromatic nitrogens is 1. The normalized spacial score (nSPS) is 12.9. The van der Waals surface area contributed by atoms with Gasteiger partial charge < -0.3 is 14.6 Å². The highest BCUT2D eigenvalue weighted by Crippen LogP contribution is 2.25. The van der Waals surface area contributed by atoms with E-state index in [4.69, 9.17) is 4.74 Å². The number of anilines is 1. The summed E-state index contributed by atoms with van der Waals surface area (Å²) in [6.45, 7) is 1.27. The number of ether oxygens (including phenoxy) is 1. The fourth-order valence-electron chi connectivity index (χ4n) is 3.08. The van der Waals surface area contributed by atoms with Gasteiger partial charge in [-0.3, -0.25) is 4.79 Å². The molecule has 1 aliphatic heterocycles. The Balaban J connectivity index is 1.58. The number of nitrogens with one attached hydrogen (secondary N) is 1. The van der Waals surface area contributed by atoms with Crippen molar-refractivity contribution in [3.63, 3.8) is 0 Å². The molecule has 0 spiro atoms. The lowest BCUT2D eigenvalue weighted by Crippen LogP contribution is -2.16. The summed E-state index contributed by atoms with van der Waals surface area (Å²) in [6.07, 6.45) is 0. The predicted octanol–water partition coefficient (Wildman–Crippen LogP) is 3.97. The molecule has 0 aliphatic carbocycles. The zero-order chi connectivity index (χ0) is 16.5. The number of hydrogen-bond acceptors (Lipinski definition) is 2. The lowest BCUT2D eigenvalue weighted by atomic mass is 10.1. The van der Waals surface area contributed by atoms with Crippen LogP contribution in [0.5, 0.6) is 0 Å². The van der Waals surface area contributed by atoms with Crippen molar-refractivity contribution in [2.75, 3.05) is 5.32 Å². The molecule has 0 saturated heterocycles. The van der Waals surface area contributed by atoms with Gasteiger partial charge in [-0.05, 0) is 41.0 Å². The molecule has 1 amide bonds. The molecule has 1 aliphatic rings. The Hall–Kier alpha value is -2.85. The lowest BCUT2D eigenvalue weighted by molar-refractivity contribution is 0.101. The van der Waals surface area contributed by atoms with Crippen molar-refractivity contribution in [3.8, 4) is 11.3 Å². The molecule has 0 unspecified atom stereocenters. The van der Waals surface area contributed by atoms with Crippen LogP contribution < -0.4 is 5.32 Å². The van der Waals surface area contributed by atoms with Crippen molar-refractivity contribution in [2.24, 2.45) is 7.05 Å². The second-order valence-electron chi connectivity index (χ2n) is 5.96. The largest absolute Gasteiger partial charge is 0.372 e. The molecule has 0 bridgehead atoms. The van der Waals surface area contributed by atoms with Gasteiger partial charge in [0.15, 0.2) is 0 Å². The number of fused-ring (bicyclic) bond motifs is 1. The Morgan fingerprint density at radius 3 is 2.62 bits per heavy atom. The number of carbonyl (C=O) groups is 1. The Kier molecular flexibility index (Phi) is 3.67. The second kappa shape index (κ2) is 5.98. The third-order valence-electron chi connectivity index (χ3n) is 4.40. The van der Waals surface area contributed by atoms with Gasteiger partial charge in [0.2, 0.25) is 0 Å². The highest BCUT2D eigenvalue weighted by Gasteiger charge is 2.16. The van der Waals surface area contributed by atoms with Gasteiger partial charge in [0, 0.05) is 18.4 Å². The Morgan fingerprint density at radius 1 is 1.00 bits per heavy atom. The molecule has 4 heteroatoms. The molecule has 120 valence electrons. The van der Waals surface area contributed by atoms with Crippen LogP contribution >= 0.6 is 0 Å². The van der Waals surface area contributed by atoms with Gasteiger partial charge in [-0.25, -0.2) is 0 Å². The van der Waals surface area contributed by atoms with E-state index in [9.17, 15) is 4.79 Å². The number of amides is 1. The molecular formula is C20H18N2O2. The Bertz CT molecular complexity index is 897. The molecule has 4 nitrogen and oxygen atoms in total. The van der Waals surface area contributed by atoms with Gasteiger partial charge in [0.05, 0.1) is 13.2 Å². The van der Waals surface area contributed by atoms with Gasteiger partial charge in [0.1, 0.15) is 5.69 Å². The van der Waals surface area contributed by atoms with Crippen molar-refractivity contribution < 1.29 is 9.53 Å². The first-order valence-electron chi connectivity index (χ1n) is 7.94. The average Bonchev–Trinajstić information content (AvgIpc) is 3.21. The van der Waals surface area contributed by atoms with Crippen molar-refractivity contribution >= 4 is 11.6 Å². The van der Waals surface area contributed by atoms with E-state index < -0.39 is 0 Å². The van der Waals surface area contributed by atoms with Crippen LogP contribution in [0.25, 0.3) is 11.3 Å². The lowest BCUT2D eigenvalue weighted by Gasteiger charge is -2.10. The van der Waals surface area contributed by atoms with Gasteiger partial charge in [0.25, 0.3) is 5.91 Å². The van der Waals surface area contributed by atoms with E-state index >= 15 is 0 Å². The van der Waals surface area contributed by atoms with Crippen LogP contribution in [-0.2, 0) is 25.0 Å². The summed E-state index contributed by atoms with van der Waals surface area (Å²) in [4.78, 5) is 12.6. The maximum Gasteiger partial charge on any atom is 0.272 e. The molecule has 1 aromatic heterocycles. The number of rotatable bonds is 3. The van der Waals surface area contributed by atoms with Gasteiger partial charge in [-0.2, -0.15) is 0 Å². The van der Waals surface area contributed by atoms with Gasteiger partial charge in [-0.1, -0.05) is 36.4 Å². The standard InChI is InChI=1S/C20H18N2O2/c1-22-18(14-5-3-2-4-6-14)9-10-19(22)20(23)21-17-8-7-15-12-24-13-16(15)11-17/h2-11H,12-13H2,1H3,(H,21,23). The average molecular weight is 318 g/mol. The number of carbonyl (C=O) groups excluding carboxylic acids is 1. The summed E-state index contributed by atoms with van der Waals surface area (Å²) < 4.78 is 7.33. The van der Waals surface area contributed by atoms with E-state index in [1.54, 1.807) is 0 Å². The molecule has 0 atom stereocenters. The quantitative estimate of drug-likeness (QED) is 0.794.